The normalized spacial score (nSPS) is 13.5. The summed E-state index contributed by atoms with van der Waals surface area (Å²) in [7, 11) is 0. The molecule has 2 N–H and O–H groups in total. The van der Waals surface area contributed by atoms with Crippen LogP contribution >= 0.6 is 0 Å². The molecule has 0 aliphatic heterocycles. The van der Waals surface area contributed by atoms with E-state index in [-0.39, 0.29) is 18.0 Å². The Morgan fingerprint density at radius 3 is 2.88 bits per heavy atom. The molecule has 1 aromatic rings. The second kappa shape index (κ2) is 4.76. The van der Waals surface area contributed by atoms with E-state index in [1.807, 2.05) is 0 Å². The van der Waals surface area contributed by atoms with Crippen molar-refractivity contribution in [2.24, 2.45) is 5.73 Å². The second-order valence-electron chi connectivity index (χ2n) is 3.69. The molecule has 1 rings (SSSR count). The third-order valence-corrected chi connectivity index (χ3v) is 1.90. The predicted octanol–water partition coefficient (Wildman–Crippen LogP) is 1.35. The fraction of sp³-hybridized carbons (Fsp3) is 0.300. The van der Waals surface area contributed by atoms with Crippen LogP contribution in [0.5, 0.6) is 5.75 Å². The Kier molecular flexibility index (Phi) is 3.60. The first-order valence-corrected chi connectivity index (χ1v) is 4.62. The van der Waals surface area contributed by atoms with Crippen LogP contribution in [0.4, 0.5) is 10.1 Å². The summed E-state index contributed by atoms with van der Waals surface area (Å²) in [4.78, 5) is 9.93. The van der Waals surface area contributed by atoms with Crippen LogP contribution in [0.25, 0.3) is 0 Å². The molecular weight excluding hydrogens is 229 g/mol. The number of halogens is 1. The average Bonchev–Trinajstić information content (AvgIpc) is 2.26. The van der Waals surface area contributed by atoms with Crippen LogP contribution in [-0.4, -0.2) is 17.1 Å². The van der Waals surface area contributed by atoms with E-state index in [2.05, 4.69) is 0 Å². The Hall–Kier alpha value is -2.20. The van der Waals surface area contributed by atoms with Gasteiger partial charge in [-0.3, -0.25) is 10.1 Å². The maximum absolute atomic E-state index is 12.9. The summed E-state index contributed by atoms with van der Waals surface area (Å²) in [6, 6.07) is 4.59. The molecular formula is C10H10FN3O3. The molecule has 0 aromatic heterocycles. The molecule has 7 heteroatoms. The summed E-state index contributed by atoms with van der Waals surface area (Å²) in [6.45, 7) is 1.13. The maximum Gasteiger partial charge on any atom is 0.311 e. The monoisotopic (exact) mass is 239 g/mol. The van der Waals surface area contributed by atoms with Gasteiger partial charge in [-0.25, -0.2) is 4.39 Å². The SMILES string of the molecule is CC(N)(C#N)COc1cc(F)ccc1[N+](=O)[O-]. The Labute approximate surface area is 96.6 Å². The van der Waals surface area contributed by atoms with Crippen molar-refractivity contribution in [1.82, 2.24) is 0 Å². The van der Waals surface area contributed by atoms with Gasteiger partial charge in [0.05, 0.1) is 11.0 Å². The second-order valence-corrected chi connectivity index (χ2v) is 3.69. The van der Waals surface area contributed by atoms with Gasteiger partial charge in [0.2, 0.25) is 0 Å². The summed E-state index contributed by atoms with van der Waals surface area (Å²) < 4.78 is 17.9. The number of nitrogens with zero attached hydrogens (tertiary/aromatic N) is 2. The largest absolute Gasteiger partial charge is 0.484 e. The van der Waals surface area contributed by atoms with Crippen LogP contribution in [0.2, 0.25) is 0 Å². The van der Waals surface area contributed by atoms with Crippen LogP contribution in [0, 0.1) is 27.3 Å². The van der Waals surface area contributed by atoms with E-state index in [4.69, 9.17) is 15.7 Å². The number of nitriles is 1. The van der Waals surface area contributed by atoms with Crippen molar-refractivity contribution in [3.8, 4) is 11.8 Å². The molecule has 0 saturated carbocycles. The lowest BCUT2D eigenvalue weighted by Gasteiger charge is -2.16. The molecule has 0 heterocycles. The molecule has 0 radical (unpaired) electrons. The zero-order valence-electron chi connectivity index (χ0n) is 9.01. The topological polar surface area (TPSA) is 102 Å². The lowest BCUT2D eigenvalue weighted by Crippen LogP contribution is -2.40. The molecule has 0 aliphatic carbocycles. The molecule has 0 bridgehead atoms. The Bertz CT molecular complexity index is 482. The van der Waals surface area contributed by atoms with Gasteiger partial charge in [0.25, 0.3) is 0 Å². The van der Waals surface area contributed by atoms with Gasteiger partial charge in [-0.15, -0.1) is 0 Å². The van der Waals surface area contributed by atoms with E-state index in [1.165, 1.54) is 6.92 Å². The van der Waals surface area contributed by atoms with Gasteiger partial charge in [0.15, 0.2) is 5.75 Å². The first kappa shape index (κ1) is 12.9. The smallest absolute Gasteiger partial charge is 0.311 e. The Morgan fingerprint density at radius 1 is 1.71 bits per heavy atom. The van der Waals surface area contributed by atoms with Crippen LogP contribution in [0.15, 0.2) is 18.2 Å². The summed E-state index contributed by atoms with van der Waals surface area (Å²) in [5.74, 6) is -0.914. The van der Waals surface area contributed by atoms with Crippen molar-refractivity contribution in [3.63, 3.8) is 0 Å². The minimum Gasteiger partial charge on any atom is -0.484 e. The zero-order valence-corrected chi connectivity index (χ0v) is 9.01. The summed E-state index contributed by atoms with van der Waals surface area (Å²) in [6.07, 6.45) is 0. The van der Waals surface area contributed by atoms with E-state index in [1.54, 1.807) is 6.07 Å². The number of ether oxygens (including phenoxy) is 1. The number of nitro groups is 1. The van der Waals surface area contributed by atoms with Gasteiger partial charge in [-0.05, 0) is 13.0 Å². The van der Waals surface area contributed by atoms with Gasteiger partial charge >= 0.3 is 5.69 Å². The van der Waals surface area contributed by atoms with Crippen molar-refractivity contribution in [2.45, 2.75) is 12.5 Å². The van der Waals surface area contributed by atoms with Crippen molar-refractivity contribution < 1.29 is 14.1 Å². The number of hydrogen-bond acceptors (Lipinski definition) is 5. The molecule has 90 valence electrons. The molecule has 0 fully saturated rings. The highest BCUT2D eigenvalue weighted by molar-refractivity contribution is 5.46. The number of nitrogens with two attached hydrogens (primary N) is 1. The Balaban J connectivity index is 2.94. The highest BCUT2D eigenvalue weighted by atomic mass is 19.1. The number of benzene rings is 1. The molecule has 0 saturated heterocycles. The van der Waals surface area contributed by atoms with Crippen LogP contribution in [0.3, 0.4) is 0 Å². The number of hydrogen-bond donors (Lipinski definition) is 1. The predicted molar refractivity (Wildman–Crippen MR) is 56.8 cm³/mol. The third kappa shape index (κ3) is 3.39. The summed E-state index contributed by atoms with van der Waals surface area (Å²) in [5.41, 5.74) is 3.81. The minimum atomic E-state index is -1.29. The van der Waals surface area contributed by atoms with Crippen molar-refractivity contribution in [3.05, 3.63) is 34.1 Å². The highest BCUT2D eigenvalue weighted by Gasteiger charge is 2.22. The van der Waals surface area contributed by atoms with Crippen molar-refractivity contribution in [2.75, 3.05) is 6.61 Å². The first-order chi connectivity index (χ1) is 7.85. The standard InChI is InChI=1S/C10H10FN3O3/c1-10(13,5-12)6-17-9-4-7(11)2-3-8(9)14(15)16/h2-4H,6,13H2,1H3. The minimum absolute atomic E-state index is 0.248. The molecule has 1 unspecified atom stereocenters. The first-order valence-electron chi connectivity index (χ1n) is 4.62. The summed E-state index contributed by atoms with van der Waals surface area (Å²) >= 11 is 0. The molecule has 0 spiro atoms. The molecule has 1 aromatic carbocycles. The lowest BCUT2D eigenvalue weighted by molar-refractivity contribution is -0.385. The Morgan fingerprint density at radius 2 is 2.35 bits per heavy atom. The average molecular weight is 239 g/mol. The molecule has 0 aliphatic rings. The lowest BCUT2D eigenvalue weighted by atomic mass is 10.1. The highest BCUT2D eigenvalue weighted by Crippen LogP contribution is 2.27. The van der Waals surface area contributed by atoms with E-state index in [0.717, 1.165) is 18.2 Å². The van der Waals surface area contributed by atoms with E-state index in [9.17, 15) is 14.5 Å². The van der Waals surface area contributed by atoms with Crippen LogP contribution < -0.4 is 10.5 Å². The van der Waals surface area contributed by atoms with Gasteiger partial charge < -0.3 is 10.5 Å². The molecule has 17 heavy (non-hydrogen) atoms. The number of rotatable bonds is 4. The van der Waals surface area contributed by atoms with Gasteiger partial charge in [-0.1, -0.05) is 0 Å². The van der Waals surface area contributed by atoms with Crippen molar-refractivity contribution >= 4 is 5.69 Å². The fourth-order valence-corrected chi connectivity index (χ4v) is 1.01. The van der Waals surface area contributed by atoms with E-state index in [0.29, 0.717) is 0 Å². The number of nitro benzene ring substituents is 1. The van der Waals surface area contributed by atoms with Gasteiger partial charge in [0.1, 0.15) is 18.0 Å². The van der Waals surface area contributed by atoms with E-state index >= 15 is 0 Å². The van der Waals surface area contributed by atoms with E-state index < -0.39 is 16.3 Å². The quantitative estimate of drug-likeness (QED) is 0.631. The zero-order chi connectivity index (χ0) is 13.1. The van der Waals surface area contributed by atoms with Gasteiger partial charge in [-0.2, -0.15) is 5.26 Å². The maximum atomic E-state index is 12.9. The third-order valence-electron chi connectivity index (χ3n) is 1.90. The van der Waals surface area contributed by atoms with Crippen LogP contribution in [-0.2, 0) is 0 Å². The molecule has 0 amide bonds. The van der Waals surface area contributed by atoms with Gasteiger partial charge in [0, 0.05) is 12.1 Å². The fourth-order valence-electron chi connectivity index (χ4n) is 1.01. The molecule has 1 atom stereocenters. The summed E-state index contributed by atoms with van der Waals surface area (Å²) in [5, 5.41) is 19.3. The van der Waals surface area contributed by atoms with Crippen molar-refractivity contribution in [1.29, 1.82) is 5.26 Å². The van der Waals surface area contributed by atoms with Crippen LogP contribution in [0.1, 0.15) is 6.92 Å². The molecule has 6 nitrogen and oxygen atoms in total.